The Balaban J connectivity index is 2.21. The van der Waals surface area contributed by atoms with Gasteiger partial charge in [-0.1, -0.05) is 6.07 Å². The lowest BCUT2D eigenvalue weighted by atomic mass is 10.0. The maximum absolute atomic E-state index is 14.0. The molecule has 1 fully saturated rings. The number of carboxylic acid groups (broad SMARTS) is 1. The number of benzene rings is 1. The summed E-state index contributed by atoms with van der Waals surface area (Å²) in [6.07, 6.45) is 0. The monoisotopic (exact) mass is 253 g/mol. The molecule has 0 radical (unpaired) electrons. The van der Waals surface area contributed by atoms with E-state index in [1.165, 1.54) is 6.07 Å². The summed E-state index contributed by atoms with van der Waals surface area (Å²) in [5, 5.41) is 8.89. The number of morpholine rings is 1. The number of carboxylic acids is 1. The molecule has 1 heterocycles. The average molecular weight is 253 g/mol. The zero-order chi connectivity index (χ0) is 13.1. The summed E-state index contributed by atoms with van der Waals surface area (Å²) in [5.41, 5.74) is 0.997. The van der Waals surface area contributed by atoms with Crippen LogP contribution in [0.1, 0.15) is 18.4 Å². The molecule has 1 atom stereocenters. The Hall–Kier alpha value is -1.62. The van der Waals surface area contributed by atoms with Gasteiger partial charge in [-0.3, -0.25) is 4.79 Å². The number of anilines is 1. The van der Waals surface area contributed by atoms with Crippen molar-refractivity contribution in [2.45, 2.75) is 12.8 Å². The summed E-state index contributed by atoms with van der Waals surface area (Å²) < 4.78 is 19.2. The summed E-state index contributed by atoms with van der Waals surface area (Å²) >= 11 is 0. The summed E-state index contributed by atoms with van der Waals surface area (Å²) in [6.45, 7) is 4.04. The minimum Gasteiger partial charge on any atom is -0.481 e. The van der Waals surface area contributed by atoms with E-state index in [2.05, 4.69) is 0 Å². The number of carbonyl (C=O) groups is 1. The van der Waals surface area contributed by atoms with Gasteiger partial charge in [0.15, 0.2) is 0 Å². The van der Waals surface area contributed by atoms with Gasteiger partial charge in [-0.25, -0.2) is 4.39 Å². The van der Waals surface area contributed by atoms with Crippen LogP contribution in [0, 0.1) is 5.82 Å². The van der Waals surface area contributed by atoms with Crippen molar-refractivity contribution in [2.24, 2.45) is 0 Å². The molecule has 1 aliphatic rings. The standard InChI is InChI=1S/C13H16FNO3/c1-9(13(16)17)10-2-3-12(11(14)8-10)15-4-6-18-7-5-15/h2-3,8-9H,4-7H2,1H3,(H,16,17). The molecule has 18 heavy (non-hydrogen) atoms. The van der Waals surface area contributed by atoms with Crippen LogP contribution in [0.5, 0.6) is 0 Å². The van der Waals surface area contributed by atoms with Gasteiger partial charge in [0.05, 0.1) is 24.8 Å². The highest BCUT2D eigenvalue weighted by atomic mass is 19.1. The topological polar surface area (TPSA) is 49.8 Å². The van der Waals surface area contributed by atoms with Crippen molar-refractivity contribution in [3.05, 3.63) is 29.6 Å². The van der Waals surface area contributed by atoms with Gasteiger partial charge in [0.2, 0.25) is 0 Å². The molecule has 0 saturated carbocycles. The van der Waals surface area contributed by atoms with Crippen LogP contribution >= 0.6 is 0 Å². The van der Waals surface area contributed by atoms with Crippen molar-refractivity contribution in [3.8, 4) is 0 Å². The maximum Gasteiger partial charge on any atom is 0.310 e. The maximum atomic E-state index is 14.0. The molecule has 0 bridgehead atoms. The first-order valence-corrected chi connectivity index (χ1v) is 5.94. The van der Waals surface area contributed by atoms with Crippen LogP contribution in [-0.2, 0) is 9.53 Å². The number of halogens is 1. The van der Waals surface area contributed by atoms with Gasteiger partial charge >= 0.3 is 5.97 Å². The Bertz CT molecular complexity index is 444. The molecule has 1 unspecified atom stereocenters. The summed E-state index contributed by atoms with van der Waals surface area (Å²) in [5.74, 6) is -2.02. The SMILES string of the molecule is CC(C(=O)O)c1ccc(N2CCOCC2)c(F)c1. The van der Waals surface area contributed by atoms with E-state index in [1.54, 1.807) is 19.1 Å². The highest BCUT2D eigenvalue weighted by Gasteiger charge is 2.19. The summed E-state index contributed by atoms with van der Waals surface area (Å²) in [4.78, 5) is 12.8. The molecule has 98 valence electrons. The zero-order valence-electron chi connectivity index (χ0n) is 10.2. The summed E-state index contributed by atoms with van der Waals surface area (Å²) in [7, 11) is 0. The molecule has 1 aromatic rings. The molecular formula is C13H16FNO3. The van der Waals surface area contributed by atoms with Gasteiger partial charge in [0.1, 0.15) is 5.82 Å². The second kappa shape index (κ2) is 5.35. The number of nitrogens with zero attached hydrogens (tertiary/aromatic N) is 1. The third-order valence-electron chi connectivity index (χ3n) is 3.19. The third-order valence-corrected chi connectivity index (χ3v) is 3.19. The van der Waals surface area contributed by atoms with E-state index in [4.69, 9.17) is 9.84 Å². The fourth-order valence-electron chi connectivity index (χ4n) is 2.00. The van der Waals surface area contributed by atoms with Crippen LogP contribution < -0.4 is 4.90 Å². The Morgan fingerprint density at radius 3 is 2.67 bits per heavy atom. The van der Waals surface area contributed by atoms with Gasteiger partial charge < -0.3 is 14.7 Å². The number of aliphatic carboxylic acids is 1. The molecule has 0 aromatic heterocycles. The third kappa shape index (κ3) is 2.61. The molecule has 0 aliphatic carbocycles. The first-order valence-electron chi connectivity index (χ1n) is 5.94. The molecule has 4 nitrogen and oxygen atoms in total. The van der Waals surface area contributed by atoms with E-state index < -0.39 is 11.9 Å². The lowest BCUT2D eigenvalue weighted by Gasteiger charge is -2.29. The van der Waals surface area contributed by atoms with Gasteiger partial charge in [-0.15, -0.1) is 0 Å². The lowest BCUT2D eigenvalue weighted by molar-refractivity contribution is -0.138. The van der Waals surface area contributed by atoms with Gasteiger partial charge in [0.25, 0.3) is 0 Å². The molecule has 1 N–H and O–H groups in total. The number of hydrogen-bond donors (Lipinski definition) is 1. The Morgan fingerprint density at radius 2 is 2.11 bits per heavy atom. The van der Waals surface area contributed by atoms with Crippen LogP contribution in [0.3, 0.4) is 0 Å². The average Bonchev–Trinajstić information content (AvgIpc) is 2.38. The van der Waals surface area contributed by atoms with Gasteiger partial charge in [0, 0.05) is 13.1 Å². The van der Waals surface area contributed by atoms with Crippen LogP contribution in [0.25, 0.3) is 0 Å². The van der Waals surface area contributed by atoms with E-state index >= 15 is 0 Å². The predicted octanol–water partition coefficient (Wildman–Crippen LogP) is 1.85. The molecule has 0 amide bonds. The number of rotatable bonds is 3. The molecule has 5 heteroatoms. The van der Waals surface area contributed by atoms with E-state index in [9.17, 15) is 9.18 Å². The second-order valence-electron chi connectivity index (χ2n) is 4.37. The lowest BCUT2D eigenvalue weighted by Crippen LogP contribution is -2.36. The smallest absolute Gasteiger partial charge is 0.310 e. The van der Waals surface area contributed by atoms with E-state index in [1.807, 2.05) is 4.90 Å². The van der Waals surface area contributed by atoms with Crippen molar-refractivity contribution in [3.63, 3.8) is 0 Å². The minimum atomic E-state index is -0.950. The molecular weight excluding hydrogens is 237 g/mol. The van der Waals surface area contributed by atoms with Crippen LogP contribution in [0.4, 0.5) is 10.1 Å². The largest absolute Gasteiger partial charge is 0.481 e. The van der Waals surface area contributed by atoms with Crippen molar-refractivity contribution >= 4 is 11.7 Å². The number of hydrogen-bond acceptors (Lipinski definition) is 3. The van der Waals surface area contributed by atoms with Crippen molar-refractivity contribution in [2.75, 3.05) is 31.2 Å². The molecule has 1 aromatic carbocycles. The second-order valence-corrected chi connectivity index (χ2v) is 4.37. The summed E-state index contributed by atoms with van der Waals surface area (Å²) in [6, 6.07) is 4.63. The molecule has 0 spiro atoms. The minimum absolute atomic E-state index is 0.373. The van der Waals surface area contributed by atoms with Gasteiger partial charge in [-0.05, 0) is 24.6 Å². The highest BCUT2D eigenvalue weighted by molar-refractivity contribution is 5.75. The Labute approximate surface area is 105 Å². The van der Waals surface area contributed by atoms with Crippen molar-refractivity contribution < 1.29 is 19.0 Å². The highest BCUT2D eigenvalue weighted by Crippen LogP contribution is 2.25. The first kappa shape index (κ1) is 12.8. The Kier molecular flexibility index (Phi) is 3.81. The van der Waals surface area contributed by atoms with E-state index in [0.717, 1.165) is 0 Å². The fourth-order valence-corrected chi connectivity index (χ4v) is 2.00. The van der Waals surface area contributed by atoms with Gasteiger partial charge in [-0.2, -0.15) is 0 Å². The fraction of sp³-hybridized carbons (Fsp3) is 0.462. The Morgan fingerprint density at radius 1 is 1.44 bits per heavy atom. The quantitative estimate of drug-likeness (QED) is 0.893. The first-order chi connectivity index (χ1) is 8.59. The molecule has 2 rings (SSSR count). The normalized spacial score (nSPS) is 17.6. The molecule has 1 aliphatic heterocycles. The van der Waals surface area contributed by atoms with Crippen LogP contribution in [0.2, 0.25) is 0 Å². The number of ether oxygens (including phenoxy) is 1. The van der Waals surface area contributed by atoms with Crippen LogP contribution in [0.15, 0.2) is 18.2 Å². The van der Waals surface area contributed by atoms with E-state index in [0.29, 0.717) is 37.6 Å². The predicted molar refractivity (Wildman–Crippen MR) is 65.5 cm³/mol. The van der Waals surface area contributed by atoms with Crippen molar-refractivity contribution in [1.29, 1.82) is 0 Å². The van der Waals surface area contributed by atoms with E-state index in [-0.39, 0.29) is 5.82 Å². The molecule has 1 saturated heterocycles. The van der Waals surface area contributed by atoms with Crippen molar-refractivity contribution in [1.82, 2.24) is 0 Å². The zero-order valence-corrected chi connectivity index (χ0v) is 10.2. The van der Waals surface area contributed by atoms with Crippen LogP contribution in [-0.4, -0.2) is 37.4 Å².